The summed E-state index contributed by atoms with van der Waals surface area (Å²) in [5.41, 5.74) is 2.75. The highest BCUT2D eigenvalue weighted by atomic mass is 16.1. The zero-order valence-corrected chi connectivity index (χ0v) is 10.2. The SMILES string of the molecule is [2H]CC(=O)c1ccc2[nH]c3ccc(C(=O)C[2H])cc3c2c1. The molecule has 3 aromatic rings. The maximum absolute atomic E-state index is 11.7. The van der Waals surface area contributed by atoms with E-state index in [9.17, 15) is 9.59 Å². The first-order valence-corrected chi connectivity index (χ1v) is 5.84. The smallest absolute Gasteiger partial charge is 0.159 e. The van der Waals surface area contributed by atoms with Crippen molar-refractivity contribution in [3.05, 3.63) is 47.5 Å². The molecule has 0 radical (unpaired) electrons. The van der Waals surface area contributed by atoms with E-state index in [0.29, 0.717) is 11.1 Å². The van der Waals surface area contributed by atoms with Crippen LogP contribution in [0.25, 0.3) is 21.8 Å². The third-order valence-corrected chi connectivity index (χ3v) is 3.24. The molecule has 1 aromatic heterocycles. The fraction of sp³-hybridized carbons (Fsp3) is 0.125. The van der Waals surface area contributed by atoms with Crippen LogP contribution < -0.4 is 0 Å². The molecule has 0 atom stereocenters. The lowest BCUT2D eigenvalue weighted by molar-refractivity contribution is 0.100. The topological polar surface area (TPSA) is 49.9 Å². The predicted molar refractivity (Wildman–Crippen MR) is 75.8 cm³/mol. The largest absolute Gasteiger partial charge is 0.355 e. The molecule has 3 heteroatoms. The number of aromatic nitrogens is 1. The minimum Gasteiger partial charge on any atom is -0.355 e. The Bertz CT molecular complexity index is 797. The van der Waals surface area contributed by atoms with Gasteiger partial charge in [0.25, 0.3) is 0 Å². The summed E-state index contributed by atoms with van der Waals surface area (Å²) in [5, 5.41) is 1.70. The first kappa shape index (κ1) is 9.50. The summed E-state index contributed by atoms with van der Waals surface area (Å²) >= 11 is 0. The minimum absolute atomic E-state index is 0.232. The van der Waals surface area contributed by atoms with Crippen LogP contribution in [-0.2, 0) is 0 Å². The highest BCUT2D eigenvalue weighted by molar-refractivity contribution is 6.12. The quantitative estimate of drug-likeness (QED) is 0.707. The second-order valence-electron chi connectivity index (χ2n) is 4.49. The summed E-state index contributed by atoms with van der Waals surface area (Å²) in [5.74, 6) is -0.464. The van der Waals surface area contributed by atoms with Gasteiger partial charge < -0.3 is 4.98 Å². The van der Waals surface area contributed by atoms with Crippen LogP contribution in [0.1, 0.15) is 37.3 Å². The Morgan fingerprint density at radius 1 is 0.895 bits per heavy atom. The summed E-state index contributed by atoms with van der Waals surface area (Å²) in [7, 11) is 0. The van der Waals surface area contributed by atoms with Gasteiger partial charge in [0.05, 0.1) is 0 Å². The van der Waals surface area contributed by atoms with Crippen LogP contribution in [0.4, 0.5) is 0 Å². The molecule has 0 spiro atoms. The van der Waals surface area contributed by atoms with E-state index in [1.54, 1.807) is 24.3 Å². The Hall–Kier alpha value is -2.42. The number of ketones is 2. The van der Waals surface area contributed by atoms with Gasteiger partial charge in [-0.3, -0.25) is 9.59 Å². The van der Waals surface area contributed by atoms with Crippen molar-refractivity contribution in [1.29, 1.82) is 0 Å². The van der Waals surface area contributed by atoms with Crippen LogP contribution in [0.5, 0.6) is 0 Å². The molecule has 0 aliphatic carbocycles. The molecule has 2 aromatic carbocycles. The van der Waals surface area contributed by atoms with E-state index in [4.69, 9.17) is 2.74 Å². The first-order valence-electron chi connectivity index (χ1n) is 7.26. The molecule has 3 nitrogen and oxygen atoms in total. The molecule has 3 rings (SSSR count). The highest BCUT2D eigenvalue weighted by Crippen LogP contribution is 2.27. The van der Waals surface area contributed by atoms with E-state index < -0.39 is 0 Å². The van der Waals surface area contributed by atoms with Crippen LogP contribution >= 0.6 is 0 Å². The van der Waals surface area contributed by atoms with Crippen molar-refractivity contribution in [2.45, 2.75) is 13.8 Å². The number of Topliss-reactive ketones (excluding diaryl/α,β-unsaturated/α-hetero) is 2. The van der Waals surface area contributed by atoms with Crippen LogP contribution in [0.2, 0.25) is 0 Å². The Balaban J connectivity index is 2.25. The molecule has 0 bridgehead atoms. The number of aromatic amines is 1. The summed E-state index contributed by atoms with van der Waals surface area (Å²) < 4.78 is 14.3. The molecule has 1 heterocycles. The van der Waals surface area contributed by atoms with Gasteiger partial charge in [0, 0.05) is 35.7 Å². The highest BCUT2D eigenvalue weighted by Gasteiger charge is 2.09. The second-order valence-corrected chi connectivity index (χ2v) is 4.49. The molecule has 0 aliphatic heterocycles. The third-order valence-electron chi connectivity index (χ3n) is 3.24. The van der Waals surface area contributed by atoms with Crippen molar-refractivity contribution >= 4 is 33.4 Å². The van der Waals surface area contributed by atoms with Gasteiger partial charge in [-0.25, -0.2) is 0 Å². The summed E-state index contributed by atoms with van der Waals surface area (Å²) in [6, 6.07) is 10.5. The summed E-state index contributed by atoms with van der Waals surface area (Å²) in [6.45, 7) is -0.563. The normalized spacial score (nSPS) is 12.4. The van der Waals surface area contributed by atoms with E-state index in [0.717, 1.165) is 21.8 Å². The van der Waals surface area contributed by atoms with Crippen molar-refractivity contribution in [2.75, 3.05) is 0 Å². The van der Waals surface area contributed by atoms with Gasteiger partial charge in [-0.2, -0.15) is 0 Å². The lowest BCUT2D eigenvalue weighted by Gasteiger charge is -1.98. The average Bonchev–Trinajstić information content (AvgIpc) is 2.90. The van der Waals surface area contributed by atoms with Gasteiger partial charge in [0.2, 0.25) is 0 Å². The van der Waals surface area contributed by atoms with E-state index in [1.165, 1.54) is 0 Å². The summed E-state index contributed by atoms with van der Waals surface area (Å²) in [6.07, 6.45) is 0. The molecule has 0 saturated heterocycles. The van der Waals surface area contributed by atoms with Crippen LogP contribution in [0.15, 0.2) is 36.4 Å². The Kier molecular flexibility index (Phi) is 2.03. The Morgan fingerprint density at radius 3 is 1.79 bits per heavy atom. The number of hydrogen-bond acceptors (Lipinski definition) is 2. The molecular formula is C16H13NO2. The second kappa shape index (κ2) is 4.05. The monoisotopic (exact) mass is 253 g/mol. The van der Waals surface area contributed by atoms with Crippen molar-refractivity contribution in [3.63, 3.8) is 0 Å². The van der Waals surface area contributed by atoms with Crippen LogP contribution in [0.3, 0.4) is 0 Å². The maximum atomic E-state index is 11.7. The van der Waals surface area contributed by atoms with Crippen molar-refractivity contribution < 1.29 is 12.3 Å². The number of rotatable bonds is 2. The summed E-state index contributed by atoms with van der Waals surface area (Å²) in [4.78, 5) is 26.5. The molecule has 94 valence electrons. The third kappa shape index (κ3) is 1.83. The van der Waals surface area contributed by atoms with Crippen LogP contribution in [0, 0.1) is 0 Å². The van der Waals surface area contributed by atoms with Gasteiger partial charge in [-0.1, -0.05) is 0 Å². The Labute approximate surface area is 113 Å². The van der Waals surface area contributed by atoms with E-state index in [2.05, 4.69) is 4.98 Å². The fourth-order valence-electron chi connectivity index (χ4n) is 2.24. The zero-order valence-electron chi connectivity index (χ0n) is 12.2. The van der Waals surface area contributed by atoms with E-state index in [-0.39, 0.29) is 25.4 Å². The first-order chi connectivity index (χ1) is 10.1. The van der Waals surface area contributed by atoms with E-state index >= 15 is 0 Å². The predicted octanol–water partition coefficient (Wildman–Crippen LogP) is 3.73. The zero-order chi connectivity index (χ0) is 15.0. The van der Waals surface area contributed by atoms with Crippen LogP contribution in [-0.4, -0.2) is 16.6 Å². The van der Waals surface area contributed by atoms with Crippen molar-refractivity contribution in [2.24, 2.45) is 0 Å². The molecule has 0 unspecified atom stereocenters. The number of carbonyl (C=O) groups is 2. The molecule has 0 aliphatic rings. The fourth-order valence-corrected chi connectivity index (χ4v) is 2.24. The van der Waals surface area contributed by atoms with Crippen molar-refractivity contribution in [3.8, 4) is 0 Å². The molecule has 0 amide bonds. The average molecular weight is 253 g/mol. The maximum Gasteiger partial charge on any atom is 0.159 e. The van der Waals surface area contributed by atoms with Gasteiger partial charge >= 0.3 is 0 Å². The Morgan fingerprint density at radius 2 is 1.37 bits per heavy atom. The van der Waals surface area contributed by atoms with Crippen molar-refractivity contribution in [1.82, 2.24) is 4.98 Å². The van der Waals surface area contributed by atoms with E-state index in [1.807, 2.05) is 12.1 Å². The minimum atomic E-state index is -0.281. The molecule has 0 fully saturated rings. The van der Waals surface area contributed by atoms with Gasteiger partial charge in [-0.15, -0.1) is 0 Å². The molecule has 0 saturated carbocycles. The van der Waals surface area contributed by atoms with Gasteiger partial charge in [0.1, 0.15) is 0 Å². The number of carbonyl (C=O) groups excluding carboxylic acids is 2. The lowest BCUT2D eigenvalue weighted by atomic mass is 10.0. The van der Waals surface area contributed by atoms with Gasteiger partial charge in [0.15, 0.2) is 11.6 Å². The number of hydrogen-bond donors (Lipinski definition) is 1. The molecular weight excluding hydrogens is 238 g/mol. The molecule has 1 N–H and O–H groups in total. The lowest BCUT2D eigenvalue weighted by Crippen LogP contribution is -1.91. The van der Waals surface area contributed by atoms with Gasteiger partial charge in [-0.05, 0) is 50.2 Å². The number of benzene rings is 2. The number of H-pyrrole nitrogens is 1. The standard InChI is InChI=1S/C16H13NO2/c1-9(18)11-3-5-15-13(7-11)14-8-12(10(2)19)4-6-16(14)17-15/h3-8,17H,1-2H3/i1D,2D. The number of nitrogens with one attached hydrogen (secondary N) is 1. The number of fused-ring (bicyclic) bond motifs is 3. The molecule has 19 heavy (non-hydrogen) atoms.